The first kappa shape index (κ1) is 11.1. The van der Waals surface area contributed by atoms with E-state index in [1.165, 1.54) is 0 Å². The molecule has 0 spiro atoms. The Labute approximate surface area is 95.0 Å². The van der Waals surface area contributed by atoms with Gasteiger partial charge in [-0.1, -0.05) is 12.1 Å². The molecule has 1 aromatic carbocycles. The van der Waals surface area contributed by atoms with Gasteiger partial charge >= 0.3 is 0 Å². The molecule has 0 saturated heterocycles. The highest BCUT2D eigenvalue weighted by Crippen LogP contribution is 2.27. The van der Waals surface area contributed by atoms with Crippen LogP contribution in [0.4, 0.5) is 0 Å². The van der Waals surface area contributed by atoms with Crippen molar-refractivity contribution in [2.24, 2.45) is 0 Å². The fraction of sp³-hybridized carbons (Fsp3) is 0.462. The third-order valence-electron chi connectivity index (χ3n) is 2.55. The number of rotatable bonds is 6. The third-order valence-corrected chi connectivity index (χ3v) is 2.55. The largest absolute Gasteiger partial charge is 0.490 e. The Morgan fingerprint density at radius 2 is 2.25 bits per heavy atom. The average Bonchev–Trinajstić information content (AvgIpc) is 3.10. The molecule has 2 rings (SSSR count). The summed E-state index contributed by atoms with van der Waals surface area (Å²) in [6, 6.07) is 7.29. The van der Waals surface area contributed by atoms with E-state index in [9.17, 15) is 4.79 Å². The van der Waals surface area contributed by atoms with Crippen LogP contribution in [-0.2, 0) is 0 Å². The van der Waals surface area contributed by atoms with Crippen molar-refractivity contribution in [1.29, 1.82) is 0 Å². The van der Waals surface area contributed by atoms with Crippen molar-refractivity contribution in [3.05, 3.63) is 29.8 Å². The molecule has 16 heavy (non-hydrogen) atoms. The quantitative estimate of drug-likeness (QED) is 0.747. The highest BCUT2D eigenvalue weighted by Gasteiger charge is 2.23. The van der Waals surface area contributed by atoms with Gasteiger partial charge in [-0.15, -0.1) is 0 Å². The van der Waals surface area contributed by atoms with Gasteiger partial charge in [0.1, 0.15) is 5.75 Å². The fourth-order valence-electron chi connectivity index (χ4n) is 1.51. The second kappa shape index (κ2) is 5.12. The van der Waals surface area contributed by atoms with Crippen LogP contribution in [-0.4, -0.2) is 23.6 Å². The maximum Gasteiger partial charge on any atom is 0.163 e. The summed E-state index contributed by atoms with van der Waals surface area (Å²) in [4.78, 5) is 11.7. The molecular formula is C13H16O3. The standard InChI is InChI=1S/C13H16O3/c14-8-2-5-13(15)10-3-1-4-12(9-10)16-11-6-7-11/h1,3-4,9,11,14H,2,5-8H2. The lowest BCUT2D eigenvalue weighted by Gasteiger charge is -2.06. The summed E-state index contributed by atoms with van der Waals surface area (Å²) in [6.45, 7) is 0.0595. The molecule has 3 heteroatoms. The molecule has 0 heterocycles. The lowest BCUT2D eigenvalue weighted by atomic mass is 10.1. The van der Waals surface area contributed by atoms with Crippen LogP contribution in [0, 0.1) is 0 Å². The number of aliphatic hydroxyl groups is 1. The van der Waals surface area contributed by atoms with Gasteiger partial charge in [0.05, 0.1) is 6.10 Å². The van der Waals surface area contributed by atoms with Crippen LogP contribution in [0.1, 0.15) is 36.0 Å². The number of Topliss-reactive ketones (excluding diaryl/α,β-unsaturated/α-hetero) is 1. The first-order valence-electron chi connectivity index (χ1n) is 5.70. The minimum Gasteiger partial charge on any atom is -0.490 e. The maximum atomic E-state index is 11.7. The van der Waals surface area contributed by atoms with E-state index in [1.807, 2.05) is 12.1 Å². The van der Waals surface area contributed by atoms with Crippen molar-refractivity contribution in [2.45, 2.75) is 31.8 Å². The maximum absolute atomic E-state index is 11.7. The number of hydrogen-bond donors (Lipinski definition) is 1. The lowest BCUT2D eigenvalue weighted by Crippen LogP contribution is -2.02. The summed E-state index contributed by atoms with van der Waals surface area (Å²) in [5, 5.41) is 8.67. The molecule has 1 N–H and O–H groups in total. The van der Waals surface area contributed by atoms with Crippen LogP contribution < -0.4 is 4.74 Å². The summed E-state index contributed by atoms with van der Waals surface area (Å²) in [7, 11) is 0. The van der Waals surface area contributed by atoms with Gasteiger partial charge in [-0.3, -0.25) is 4.79 Å². The molecule has 3 nitrogen and oxygen atoms in total. The van der Waals surface area contributed by atoms with Crippen LogP contribution in [0.2, 0.25) is 0 Å². The minimum absolute atomic E-state index is 0.0595. The van der Waals surface area contributed by atoms with Crippen molar-refractivity contribution in [2.75, 3.05) is 6.61 Å². The second-order valence-corrected chi connectivity index (χ2v) is 4.10. The van der Waals surface area contributed by atoms with E-state index in [0.717, 1.165) is 18.6 Å². The molecule has 1 aromatic rings. The molecule has 0 amide bonds. The van der Waals surface area contributed by atoms with Crippen LogP contribution in [0.5, 0.6) is 5.75 Å². The molecule has 1 aliphatic carbocycles. The molecule has 1 aliphatic rings. The zero-order valence-electron chi connectivity index (χ0n) is 9.19. The van der Waals surface area contributed by atoms with Gasteiger partial charge in [0.15, 0.2) is 5.78 Å². The van der Waals surface area contributed by atoms with E-state index in [0.29, 0.717) is 24.5 Å². The Balaban J connectivity index is 1.99. The second-order valence-electron chi connectivity index (χ2n) is 4.10. The Kier molecular flexibility index (Phi) is 3.57. The molecule has 0 aromatic heterocycles. The third kappa shape index (κ3) is 3.07. The smallest absolute Gasteiger partial charge is 0.163 e. The Morgan fingerprint density at radius 3 is 2.94 bits per heavy atom. The van der Waals surface area contributed by atoms with Crippen molar-refractivity contribution >= 4 is 5.78 Å². The molecule has 1 saturated carbocycles. The highest BCUT2D eigenvalue weighted by molar-refractivity contribution is 5.96. The predicted octanol–water partition coefficient (Wildman–Crippen LogP) is 2.18. The number of carbonyl (C=O) groups is 1. The Bertz CT molecular complexity index is 369. The van der Waals surface area contributed by atoms with E-state index in [1.54, 1.807) is 12.1 Å². The normalized spacial score (nSPS) is 14.8. The summed E-state index contributed by atoms with van der Waals surface area (Å²) in [5.41, 5.74) is 0.673. The van der Waals surface area contributed by atoms with E-state index in [-0.39, 0.29) is 12.4 Å². The molecule has 0 bridgehead atoms. The van der Waals surface area contributed by atoms with Gasteiger partial charge in [-0.05, 0) is 31.4 Å². The van der Waals surface area contributed by atoms with Gasteiger partial charge < -0.3 is 9.84 Å². The number of hydrogen-bond acceptors (Lipinski definition) is 3. The SMILES string of the molecule is O=C(CCCO)c1cccc(OC2CC2)c1. The van der Waals surface area contributed by atoms with E-state index < -0.39 is 0 Å². The molecule has 1 fully saturated rings. The van der Waals surface area contributed by atoms with E-state index in [2.05, 4.69) is 0 Å². The van der Waals surface area contributed by atoms with Crippen molar-refractivity contribution in [3.63, 3.8) is 0 Å². The number of carbonyl (C=O) groups excluding carboxylic acids is 1. The Morgan fingerprint density at radius 1 is 1.44 bits per heavy atom. The zero-order chi connectivity index (χ0) is 11.4. The van der Waals surface area contributed by atoms with Crippen LogP contribution in [0.15, 0.2) is 24.3 Å². The van der Waals surface area contributed by atoms with Crippen molar-refractivity contribution in [3.8, 4) is 5.75 Å². The van der Waals surface area contributed by atoms with Crippen molar-refractivity contribution < 1.29 is 14.6 Å². The zero-order valence-corrected chi connectivity index (χ0v) is 9.19. The van der Waals surface area contributed by atoms with E-state index >= 15 is 0 Å². The molecule has 0 unspecified atom stereocenters. The first-order chi connectivity index (χ1) is 7.79. The molecular weight excluding hydrogens is 204 g/mol. The van der Waals surface area contributed by atoms with Crippen LogP contribution >= 0.6 is 0 Å². The summed E-state index contributed by atoms with van der Waals surface area (Å²) >= 11 is 0. The average molecular weight is 220 g/mol. The Hall–Kier alpha value is -1.35. The summed E-state index contributed by atoms with van der Waals surface area (Å²) in [5.74, 6) is 0.840. The van der Waals surface area contributed by atoms with Gasteiger partial charge in [-0.25, -0.2) is 0 Å². The molecule has 0 aliphatic heterocycles. The summed E-state index contributed by atoms with van der Waals surface area (Å²) in [6.07, 6.45) is 3.49. The number of ether oxygens (including phenoxy) is 1. The molecule has 0 radical (unpaired) electrons. The van der Waals surface area contributed by atoms with Crippen LogP contribution in [0.25, 0.3) is 0 Å². The van der Waals surface area contributed by atoms with Crippen molar-refractivity contribution in [1.82, 2.24) is 0 Å². The fourth-order valence-corrected chi connectivity index (χ4v) is 1.51. The van der Waals surface area contributed by atoms with Gasteiger partial charge in [0.2, 0.25) is 0 Å². The molecule has 86 valence electrons. The predicted molar refractivity (Wildman–Crippen MR) is 60.7 cm³/mol. The van der Waals surface area contributed by atoms with Gasteiger partial charge in [0.25, 0.3) is 0 Å². The lowest BCUT2D eigenvalue weighted by molar-refractivity contribution is 0.0970. The first-order valence-corrected chi connectivity index (χ1v) is 5.70. The van der Waals surface area contributed by atoms with Crippen LogP contribution in [0.3, 0.4) is 0 Å². The minimum atomic E-state index is 0.0595. The number of benzene rings is 1. The van der Waals surface area contributed by atoms with Gasteiger partial charge in [-0.2, -0.15) is 0 Å². The number of ketones is 1. The van der Waals surface area contributed by atoms with E-state index in [4.69, 9.17) is 9.84 Å². The molecule has 0 atom stereocenters. The van der Waals surface area contributed by atoms with Gasteiger partial charge in [0, 0.05) is 18.6 Å². The topological polar surface area (TPSA) is 46.5 Å². The monoisotopic (exact) mass is 220 g/mol. The number of aliphatic hydroxyl groups excluding tert-OH is 1. The summed E-state index contributed by atoms with van der Waals surface area (Å²) < 4.78 is 5.62. The highest BCUT2D eigenvalue weighted by atomic mass is 16.5.